The zero-order chi connectivity index (χ0) is 35.8. The maximum atomic E-state index is 6.69. The zero-order valence-electron chi connectivity index (χ0n) is 30.2. The number of pyridine rings is 1. The van der Waals surface area contributed by atoms with Crippen LogP contribution in [0.2, 0.25) is 0 Å². The quantitative estimate of drug-likeness (QED) is 0.161. The van der Waals surface area contributed by atoms with E-state index >= 15 is 0 Å². The van der Waals surface area contributed by atoms with E-state index in [0.717, 1.165) is 72.2 Å². The van der Waals surface area contributed by atoms with Gasteiger partial charge in [-0.15, -0.1) is 47.0 Å². The second-order valence-electron chi connectivity index (χ2n) is 14.7. The minimum atomic E-state index is -0.130. The summed E-state index contributed by atoms with van der Waals surface area (Å²) in [4.78, 5) is 9.31. The molecule has 268 valence electrons. The van der Waals surface area contributed by atoms with Crippen LogP contribution in [0.5, 0.6) is 11.5 Å². The van der Waals surface area contributed by atoms with Crippen LogP contribution in [0.4, 0.5) is 17.1 Å². The number of para-hydroxylation sites is 2. The maximum absolute atomic E-state index is 6.69. The molecule has 0 fully saturated rings. The van der Waals surface area contributed by atoms with E-state index in [0.29, 0.717) is 11.5 Å². The Morgan fingerprint density at radius 3 is 2.28 bits per heavy atom. The van der Waals surface area contributed by atoms with Crippen LogP contribution >= 0.6 is 0 Å². The second kappa shape index (κ2) is 12.9. The van der Waals surface area contributed by atoms with Gasteiger partial charge in [0.15, 0.2) is 0 Å². The van der Waals surface area contributed by atoms with Gasteiger partial charge in [0.1, 0.15) is 17.0 Å². The topological polar surface area (TPSA) is 46.7 Å². The standard InChI is InChI=1S/C47H35N4O2.Pt/c1-47(2,3)32-23-33(50-29-49(4)43-22-31(18-21-41(43)50)30-12-6-5-7-13-30)25-35(24-32)52-34-19-20-37-36-14-8-10-16-40(36)51(42(37)26-34)46-27-45-39(28-48-46)38-15-9-11-17-44(38)53-45;/h5-24,27-29H,1-4H3;/q-3;. The van der Waals surface area contributed by atoms with Crippen molar-refractivity contribution in [3.63, 3.8) is 0 Å². The molecule has 0 radical (unpaired) electrons. The molecule has 0 amide bonds. The Morgan fingerprint density at radius 1 is 0.667 bits per heavy atom. The van der Waals surface area contributed by atoms with Crippen LogP contribution in [0, 0.1) is 18.8 Å². The van der Waals surface area contributed by atoms with Gasteiger partial charge in [-0.2, -0.15) is 12.7 Å². The molecule has 3 aromatic heterocycles. The van der Waals surface area contributed by atoms with Crippen LogP contribution < -0.4 is 14.5 Å². The molecular weight excluding hydrogens is 848 g/mol. The van der Waals surface area contributed by atoms with Crippen LogP contribution in [-0.4, -0.2) is 16.6 Å². The summed E-state index contributed by atoms with van der Waals surface area (Å²) >= 11 is 0. The van der Waals surface area contributed by atoms with Crippen molar-refractivity contribution in [1.82, 2.24) is 9.55 Å². The van der Waals surface area contributed by atoms with Gasteiger partial charge in [0, 0.05) is 72.5 Å². The number of fused-ring (bicyclic) bond motifs is 7. The molecule has 6 aromatic carbocycles. The summed E-state index contributed by atoms with van der Waals surface area (Å²) < 4.78 is 15.1. The molecule has 0 saturated heterocycles. The second-order valence-corrected chi connectivity index (χ2v) is 14.7. The number of rotatable bonds is 5. The monoisotopic (exact) mass is 882 g/mol. The fourth-order valence-electron chi connectivity index (χ4n) is 7.48. The Labute approximate surface area is 328 Å². The van der Waals surface area contributed by atoms with E-state index in [1.807, 2.05) is 42.6 Å². The maximum Gasteiger partial charge on any atom is 0.140 e. The first kappa shape index (κ1) is 34.0. The number of nitrogens with zero attached hydrogens (tertiary/aromatic N) is 4. The SMILES string of the molecule is CN1[CH-]N(c2[c-]c(Oc3[c-]c4c(cc3)c3ccccc3n4-c3cc4oc5ccccc5c4cn3)cc(C(C)(C)C)c2)c2ccc(-c3ccccc3)cc21.[Pt]. The van der Waals surface area contributed by atoms with Gasteiger partial charge in [-0.3, -0.25) is 0 Å². The Morgan fingerprint density at radius 2 is 1.44 bits per heavy atom. The molecule has 9 aromatic rings. The predicted octanol–water partition coefficient (Wildman–Crippen LogP) is 12.1. The Kier molecular flexibility index (Phi) is 8.13. The van der Waals surface area contributed by atoms with Crippen LogP contribution in [-0.2, 0) is 26.5 Å². The molecule has 0 N–H and O–H groups in total. The number of anilines is 3. The molecular formula is C47H35N4O2Pt-3. The first-order valence-corrected chi connectivity index (χ1v) is 17.8. The molecule has 0 aliphatic carbocycles. The summed E-state index contributed by atoms with van der Waals surface area (Å²) in [6.07, 6.45) is 1.90. The third-order valence-corrected chi connectivity index (χ3v) is 10.2. The fraction of sp³-hybridized carbons (Fsp3) is 0.106. The van der Waals surface area contributed by atoms with Crippen LogP contribution in [0.3, 0.4) is 0 Å². The average Bonchev–Trinajstić information content (AvgIpc) is 3.83. The summed E-state index contributed by atoms with van der Waals surface area (Å²) in [5, 5.41) is 4.22. The van der Waals surface area contributed by atoms with Gasteiger partial charge < -0.3 is 23.5 Å². The summed E-state index contributed by atoms with van der Waals surface area (Å²) in [5.41, 5.74) is 10.0. The normalized spacial score (nSPS) is 12.9. The minimum absolute atomic E-state index is 0. The molecule has 7 heteroatoms. The predicted molar refractivity (Wildman–Crippen MR) is 215 cm³/mol. The zero-order valence-corrected chi connectivity index (χ0v) is 32.5. The Bertz CT molecular complexity index is 2870. The molecule has 4 heterocycles. The average molecular weight is 883 g/mol. The summed E-state index contributed by atoms with van der Waals surface area (Å²) in [6, 6.07) is 51.2. The van der Waals surface area contributed by atoms with E-state index < -0.39 is 0 Å². The molecule has 1 aliphatic rings. The van der Waals surface area contributed by atoms with Crippen molar-refractivity contribution in [1.29, 1.82) is 0 Å². The van der Waals surface area contributed by atoms with Crippen molar-refractivity contribution in [3.05, 3.63) is 158 Å². The van der Waals surface area contributed by atoms with Crippen molar-refractivity contribution in [2.75, 3.05) is 16.8 Å². The first-order valence-electron chi connectivity index (χ1n) is 17.8. The fourth-order valence-corrected chi connectivity index (χ4v) is 7.48. The largest absolute Gasteiger partial charge is 0.509 e. The molecule has 1 aliphatic heterocycles. The van der Waals surface area contributed by atoms with E-state index in [2.05, 4.69) is 152 Å². The van der Waals surface area contributed by atoms with Crippen molar-refractivity contribution in [2.24, 2.45) is 0 Å². The Balaban J connectivity index is 0.00000384. The van der Waals surface area contributed by atoms with Gasteiger partial charge in [0.2, 0.25) is 0 Å². The molecule has 54 heavy (non-hydrogen) atoms. The van der Waals surface area contributed by atoms with E-state index in [9.17, 15) is 0 Å². The van der Waals surface area contributed by atoms with Crippen molar-refractivity contribution < 1.29 is 30.2 Å². The number of furan rings is 1. The number of aromatic nitrogens is 2. The third-order valence-electron chi connectivity index (χ3n) is 10.2. The summed E-state index contributed by atoms with van der Waals surface area (Å²) in [6.45, 7) is 8.78. The van der Waals surface area contributed by atoms with Gasteiger partial charge in [0.25, 0.3) is 0 Å². The molecule has 0 spiro atoms. The molecule has 0 bridgehead atoms. The van der Waals surface area contributed by atoms with Crippen LogP contribution in [0.1, 0.15) is 26.3 Å². The Hall–Kier alpha value is -5.84. The third kappa shape index (κ3) is 5.64. The molecule has 0 saturated carbocycles. The van der Waals surface area contributed by atoms with Gasteiger partial charge in [0.05, 0.1) is 0 Å². The van der Waals surface area contributed by atoms with E-state index in [-0.39, 0.29) is 26.5 Å². The van der Waals surface area contributed by atoms with Crippen molar-refractivity contribution >= 4 is 60.8 Å². The molecule has 6 nitrogen and oxygen atoms in total. The van der Waals surface area contributed by atoms with Gasteiger partial charge in [-0.1, -0.05) is 99.1 Å². The van der Waals surface area contributed by atoms with Gasteiger partial charge in [-0.05, 0) is 53.2 Å². The summed E-state index contributed by atoms with van der Waals surface area (Å²) in [5.74, 6) is 1.97. The number of hydrogen-bond donors (Lipinski definition) is 0. The van der Waals surface area contributed by atoms with Crippen LogP contribution in [0.25, 0.3) is 60.7 Å². The molecule has 0 atom stereocenters. The van der Waals surface area contributed by atoms with Gasteiger partial charge >= 0.3 is 0 Å². The van der Waals surface area contributed by atoms with Gasteiger partial charge in [-0.25, -0.2) is 4.98 Å². The molecule has 0 unspecified atom stereocenters. The summed E-state index contributed by atoms with van der Waals surface area (Å²) in [7, 11) is 2.09. The smallest absolute Gasteiger partial charge is 0.140 e. The van der Waals surface area contributed by atoms with Crippen molar-refractivity contribution in [3.8, 4) is 28.4 Å². The number of ether oxygens (including phenoxy) is 1. The van der Waals surface area contributed by atoms with E-state index in [4.69, 9.17) is 14.1 Å². The first-order chi connectivity index (χ1) is 25.8. The van der Waals surface area contributed by atoms with Crippen molar-refractivity contribution in [2.45, 2.75) is 26.2 Å². The van der Waals surface area contributed by atoms with E-state index in [1.165, 1.54) is 11.1 Å². The van der Waals surface area contributed by atoms with E-state index in [1.54, 1.807) is 0 Å². The van der Waals surface area contributed by atoms with Crippen LogP contribution in [0.15, 0.2) is 138 Å². The molecule has 10 rings (SSSR count). The minimum Gasteiger partial charge on any atom is -0.509 e. The number of benzene rings is 6. The number of hydrogen-bond acceptors (Lipinski definition) is 5.